The minimum Gasteiger partial charge on any atom is -0.791 e. The van der Waals surface area contributed by atoms with Crippen molar-refractivity contribution in [2.45, 2.75) is 13.1 Å². The van der Waals surface area contributed by atoms with Crippen molar-refractivity contribution in [1.82, 2.24) is 0 Å². The van der Waals surface area contributed by atoms with E-state index in [2.05, 4.69) is 11.8 Å². The van der Waals surface area contributed by atoms with Gasteiger partial charge in [-0.25, -0.2) is 0 Å². The maximum atomic E-state index is 12.6. The van der Waals surface area contributed by atoms with Gasteiger partial charge in [0.25, 0.3) is 5.69 Å². The summed E-state index contributed by atoms with van der Waals surface area (Å²) in [4.78, 5) is 20.9. The normalized spacial score (nSPS) is 14.8. The van der Waals surface area contributed by atoms with Crippen LogP contribution in [-0.2, 0) is 18.0 Å². The second-order valence-electron chi connectivity index (χ2n) is 3.45. The van der Waals surface area contributed by atoms with E-state index in [0.717, 1.165) is 6.07 Å². The summed E-state index contributed by atoms with van der Waals surface area (Å²) in [7, 11) is 0. The largest absolute Gasteiger partial charge is 0.791 e. The first kappa shape index (κ1) is 15.9. The molecule has 1 atom stereocenters. The second kappa shape index (κ2) is 5.44. The molecular formula is C9H8F3NO4PS-. The molecule has 0 bridgehead atoms. The third-order valence-corrected chi connectivity index (χ3v) is 4.36. The Bertz CT molecular complexity index is 549. The lowest BCUT2D eigenvalue weighted by atomic mass is 10.1. The van der Waals surface area contributed by atoms with Gasteiger partial charge < -0.3 is 9.42 Å². The summed E-state index contributed by atoms with van der Waals surface area (Å²) in [5.41, 5.74) is -2.57. The number of nitro benzene ring substituents is 1. The first-order valence-electron chi connectivity index (χ1n) is 4.92. The van der Waals surface area contributed by atoms with Crippen LogP contribution in [0.2, 0.25) is 0 Å². The average molecular weight is 314 g/mol. The van der Waals surface area contributed by atoms with Crippen LogP contribution in [-0.4, -0.2) is 11.1 Å². The van der Waals surface area contributed by atoms with Crippen molar-refractivity contribution >= 4 is 24.0 Å². The van der Waals surface area contributed by atoms with Crippen molar-refractivity contribution < 1.29 is 27.5 Å². The first-order valence-corrected chi connectivity index (χ1v) is 7.74. The molecule has 0 spiro atoms. The van der Waals surface area contributed by atoms with Crippen LogP contribution in [0.5, 0.6) is 5.75 Å². The van der Waals surface area contributed by atoms with Crippen LogP contribution in [0.4, 0.5) is 18.9 Å². The molecule has 0 aromatic heterocycles. The van der Waals surface area contributed by atoms with E-state index in [0.29, 0.717) is 12.1 Å². The summed E-state index contributed by atoms with van der Waals surface area (Å²) in [6.45, 7) is -2.00. The lowest BCUT2D eigenvalue weighted by molar-refractivity contribution is -0.388. The quantitative estimate of drug-likeness (QED) is 0.485. The summed E-state index contributed by atoms with van der Waals surface area (Å²) >= 11 is 4.57. The summed E-state index contributed by atoms with van der Waals surface area (Å²) in [5.74, 6) is -0.405. The highest BCUT2D eigenvalue weighted by molar-refractivity contribution is 8.08. The van der Waals surface area contributed by atoms with Crippen molar-refractivity contribution in [1.29, 1.82) is 0 Å². The predicted octanol–water partition coefficient (Wildman–Crippen LogP) is 2.68. The molecule has 1 unspecified atom stereocenters. The Hall–Kier alpha value is -1.18. The van der Waals surface area contributed by atoms with E-state index in [9.17, 15) is 28.2 Å². The molecule has 1 rings (SSSR count). The van der Waals surface area contributed by atoms with Gasteiger partial charge in [0, 0.05) is 12.6 Å². The van der Waals surface area contributed by atoms with Crippen molar-refractivity contribution in [3.05, 3.63) is 33.9 Å². The fourth-order valence-corrected chi connectivity index (χ4v) is 2.01. The van der Waals surface area contributed by atoms with Gasteiger partial charge in [-0.2, -0.15) is 13.2 Å². The van der Waals surface area contributed by atoms with Crippen molar-refractivity contribution in [3.63, 3.8) is 0 Å². The third-order valence-electron chi connectivity index (χ3n) is 2.10. The minimum absolute atomic E-state index is 0.0410. The number of hydrogen-bond donors (Lipinski definition) is 0. The van der Waals surface area contributed by atoms with Crippen molar-refractivity contribution in [2.75, 3.05) is 6.16 Å². The lowest BCUT2D eigenvalue weighted by Gasteiger charge is -2.27. The highest BCUT2D eigenvalue weighted by Crippen LogP contribution is 2.42. The fraction of sp³-hybridized carbons (Fsp3) is 0.333. The van der Waals surface area contributed by atoms with Gasteiger partial charge in [-0.05, 0) is 18.3 Å². The van der Waals surface area contributed by atoms with E-state index < -0.39 is 34.6 Å². The van der Waals surface area contributed by atoms with Gasteiger partial charge in [-0.3, -0.25) is 10.1 Å². The van der Waals surface area contributed by atoms with Crippen LogP contribution >= 0.6 is 6.49 Å². The fourth-order valence-electron chi connectivity index (χ4n) is 1.18. The van der Waals surface area contributed by atoms with E-state index >= 15 is 0 Å². The van der Waals surface area contributed by atoms with Gasteiger partial charge in [0.1, 0.15) is 11.3 Å². The number of nitro groups is 1. The second-order valence-corrected chi connectivity index (χ2v) is 7.16. The molecule has 0 N–H and O–H groups in total. The van der Waals surface area contributed by atoms with E-state index in [4.69, 9.17) is 4.52 Å². The number of halogens is 3. The molecule has 5 nitrogen and oxygen atoms in total. The van der Waals surface area contributed by atoms with Crippen molar-refractivity contribution in [2.24, 2.45) is 0 Å². The molecule has 0 heterocycles. The molecule has 0 aliphatic heterocycles. The minimum atomic E-state index is -4.92. The standard InChI is InChI=1S/C9H9F3NO4PS/c1-2-18(16,19)17-6-3-4-8(13(14)15)7(5-6)9(10,11)12/h3-5H,2H2,1H3,(H,16,19)/p-1. The summed E-state index contributed by atoms with van der Waals surface area (Å²) in [6, 6.07) is 2.00. The van der Waals surface area contributed by atoms with Gasteiger partial charge in [0.15, 0.2) is 0 Å². The van der Waals surface area contributed by atoms with Crippen LogP contribution in [0.3, 0.4) is 0 Å². The maximum Gasteiger partial charge on any atom is 0.423 e. The van der Waals surface area contributed by atoms with Crippen LogP contribution in [0.1, 0.15) is 12.5 Å². The zero-order valence-electron chi connectivity index (χ0n) is 9.51. The van der Waals surface area contributed by atoms with Gasteiger partial charge >= 0.3 is 6.18 Å². The topological polar surface area (TPSA) is 75.4 Å². The Kier molecular flexibility index (Phi) is 4.54. The molecule has 0 aliphatic rings. The predicted molar refractivity (Wildman–Crippen MR) is 63.6 cm³/mol. The zero-order valence-corrected chi connectivity index (χ0v) is 11.2. The zero-order chi connectivity index (χ0) is 14.8. The third kappa shape index (κ3) is 4.15. The number of alkyl halides is 3. The Morgan fingerprint density at radius 3 is 2.47 bits per heavy atom. The molecule has 0 aliphatic carbocycles. The molecule has 0 amide bonds. The molecule has 106 valence electrons. The van der Waals surface area contributed by atoms with Crippen LogP contribution in [0.15, 0.2) is 18.2 Å². The highest BCUT2D eigenvalue weighted by atomic mass is 32.5. The molecule has 10 heteroatoms. The van der Waals surface area contributed by atoms with E-state index in [1.54, 1.807) is 0 Å². The average Bonchev–Trinajstić information content (AvgIpc) is 2.27. The molecule has 0 saturated carbocycles. The van der Waals surface area contributed by atoms with Gasteiger partial charge in [0.05, 0.1) is 4.92 Å². The molecular weight excluding hydrogens is 306 g/mol. The molecule has 0 radical (unpaired) electrons. The summed E-state index contributed by atoms with van der Waals surface area (Å²) < 4.78 is 42.7. The Balaban J connectivity index is 3.27. The maximum absolute atomic E-state index is 12.6. The molecule has 0 fully saturated rings. The molecule has 1 aromatic rings. The number of nitrogens with zero attached hydrogens (tertiary/aromatic N) is 1. The number of hydrogen-bond acceptors (Lipinski definition) is 5. The summed E-state index contributed by atoms with van der Waals surface area (Å²) in [5, 5.41) is 10.5. The Morgan fingerprint density at radius 1 is 1.47 bits per heavy atom. The SMILES string of the molecule is CCP([O-])(=S)Oc1ccc([N+](=O)[O-])c(C(F)(F)F)c1. The molecule has 19 heavy (non-hydrogen) atoms. The summed E-state index contributed by atoms with van der Waals surface area (Å²) in [6.07, 6.45) is -4.96. The van der Waals surface area contributed by atoms with Crippen LogP contribution < -0.4 is 9.42 Å². The van der Waals surface area contributed by atoms with E-state index in [1.807, 2.05) is 0 Å². The first-order chi connectivity index (χ1) is 8.57. The number of benzene rings is 1. The Labute approximate surface area is 111 Å². The van der Waals surface area contributed by atoms with Crippen LogP contribution in [0.25, 0.3) is 0 Å². The smallest absolute Gasteiger partial charge is 0.423 e. The monoisotopic (exact) mass is 314 g/mol. The Morgan fingerprint density at radius 2 is 2.05 bits per heavy atom. The highest BCUT2D eigenvalue weighted by Gasteiger charge is 2.38. The van der Waals surface area contributed by atoms with Gasteiger partial charge in [-0.15, -0.1) is 0 Å². The van der Waals surface area contributed by atoms with Crippen molar-refractivity contribution in [3.8, 4) is 5.75 Å². The van der Waals surface area contributed by atoms with E-state index in [1.165, 1.54) is 6.92 Å². The van der Waals surface area contributed by atoms with Gasteiger partial charge in [0.2, 0.25) is 0 Å². The van der Waals surface area contributed by atoms with Gasteiger partial charge in [-0.1, -0.05) is 18.7 Å². The number of rotatable bonds is 4. The molecule has 0 saturated heterocycles. The molecule has 1 aromatic carbocycles. The van der Waals surface area contributed by atoms with E-state index in [-0.39, 0.29) is 6.16 Å². The lowest BCUT2D eigenvalue weighted by Crippen LogP contribution is -2.11. The van der Waals surface area contributed by atoms with Crippen LogP contribution in [0, 0.1) is 10.1 Å².